The topological polar surface area (TPSA) is 46.9 Å². The highest BCUT2D eigenvalue weighted by atomic mass is 32.2. The normalized spacial score (nSPS) is 16.9. The van der Waals surface area contributed by atoms with Gasteiger partial charge in [0.15, 0.2) is 5.16 Å². The molecule has 1 aromatic carbocycles. The van der Waals surface area contributed by atoms with Gasteiger partial charge in [-0.15, -0.1) is 0 Å². The first-order valence-electron chi connectivity index (χ1n) is 8.16. The van der Waals surface area contributed by atoms with Crippen molar-refractivity contribution < 1.29 is 4.79 Å². The maximum absolute atomic E-state index is 12.5. The second kappa shape index (κ2) is 7.21. The number of rotatable bonds is 5. The molecule has 1 saturated carbocycles. The van der Waals surface area contributed by atoms with Crippen molar-refractivity contribution in [3.63, 3.8) is 0 Å². The molecule has 4 nitrogen and oxygen atoms in total. The molecule has 0 spiro atoms. The average Bonchev–Trinajstić information content (AvgIpc) is 3.00. The van der Waals surface area contributed by atoms with Crippen molar-refractivity contribution in [1.29, 1.82) is 0 Å². The summed E-state index contributed by atoms with van der Waals surface area (Å²) >= 11 is 1.48. The summed E-state index contributed by atoms with van der Waals surface area (Å²) in [6.45, 7) is 0. The largest absolute Gasteiger partial charge is 0.346 e. The zero-order chi connectivity index (χ0) is 16.1. The molecule has 1 aliphatic rings. The summed E-state index contributed by atoms with van der Waals surface area (Å²) in [5.41, 5.74) is 1.04. The number of benzene rings is 1. The van der Waals surface area contributed by atoms with Crippen LogP contribution in [-0.2, 0) is 17.4 Å². The quantitative estimate of drug-likeness (QED) is 0.854. The molecule has 1 fully saturated rings. The van der Waals surface area contributed by atoms with Crippen molar-refractivity contribution in [3.05, 3.63) is 48.3 Å². The first-order valence-corrected chi connectivity index (χ1v) is 9.15. The molecule has 1 aromatic heterocycles. The summed E-state index contributed by atoms with van der Waals surface area (Å²) in [6, 6.07) is 10.4. The second-order valence-electron chi connectivity index (χ2n) is 6.17. The van der Waals surface area contributed by atoms with Crippen LogP contribution in [0.25, 0.3) is 0 Å². The van der Waals surface area contributed by atoms with Gasteiger partial charge in [0, 0.05) is 19.4 Å². The number of hydrogen-bond acceptors (Lipinski definition) is 3. The van der Waals surface area contributed by atoms with Crippen LogP contribution < -0.4 is 5.32 Å². The van der Waals surface area contributed by atoms with Gasteiger partial charge in [0.25, 0.3) is 0 Å². The predicted molar refractivity (Wildman–Crippen MR) is 93.3 cm³/mol. The summed E-state index contributed by atoms with van der Waals surface area (Å²) < 4.78 is 1.94. The van der Waals surface area contributed by atoms with Gasteiger partial charge in [-0.3, -0.25) is 4.79 Å². The highest BCUT2D eigenvalue weighted by molar-refractivity contribution is 7.99. The van der Waals surface area contributed by atoms with E-state index in [1.165, 1.54) is 36.6 Å². The molecule has 1 amide bonds. The van der Waals surface area contributed by atoms with Crippen LogP contribution in [0.15, 0.2) is 47.9 Å². The third-order valence-electron chi connectivity index (χ3n) is 4.52. The van der Waals surface area contributed by atoms with Crippen LogP contribution in [0.4, 0.5) is 0 Å². The molecule has 0 radical (unpaired) electrons. The maximum atomic E-state index is 12.5. The molecule has 0 bridgehead atoms. The Balaban J connectivity index is 1.69. The predicted octanol–water partition coefficient (Wildman–Crippen LogP) is 3.49. The first-order chi connectivity index (χ1) is 11.2. The molecule has 0 unspecified atom stereocenters. The summed E-state index contributed by atoms with van der Waals surface area (Å²) in [4.78, 5) is 16.8. The number of amides is 1. The zero-order valence-electron chi connectivity index (χ0n) is 13.5. The van der Waals surface area contributed by atoms with E-state index in [4.69, 9.17) is 0 Å². The third-order valence-corrected chi connectivity index (χ3v) is 5.58. The van der Waals surface area contributed by atoms with Crippen molar-refractivity contribution in [2.75, 3.05) is 5.75 Å². The van der Waals surface area contributed by atoms with Gasteiger partial charge >= 0.3 is 0 Å². The third kappa shape index (κ3) is 3.78. The molecule has 1 heterocycles. The lowest BCUT2D eigenvalue weighted by Gasteiger charge is -2.38. The second-order valence-corrected chi connectivity index (χ2v) is 7.11. The van der Waals surface area contributed by atoms with E-state index >= 15 is 0 Å². The SMILES string of the molecule is Cn1ccnc1SCC(=O)NC1(c2ccccc2)CCCCC1. The van der Waals surface area contributed by atoms with E-state index in [9.17, 15) is 4.79 Å². The van der Waals surface area contributed by atoms with E-state index in [1.54, 1.807) is 6.20 Å². The molecular formula is C18H23N3OS. The van der Waals surface area contributed by atoms with Crippen LogP contribution >= 0.6 is 11.8 Å². The number of hydrogen-bond donors (Lipinski definition) is 1. The van der Waals surface area contributed by atoms with Gasteiger partial charge in [-0.2, -0.15) is 0 Å². The van der Waals surface area contributed by atoms with Crippen LogP contribution in [0.1, 0.15) is 37.7 Å². The lowest BCUT2D eigenvalue weighted by atomic mass is 9.76. The van der Waals surface area contributed by atoms with Crippen molar-refractivity contribution in [3.8, 4) is 0 Å². The Morgan fingerprint density at radius 1 is 1.26 bits per heavy atom. The van der Waals surface area contributed by atoms with Crippen molar-refractivity contribution in [2.24, 2.45) is 7.05 Å². The van der Waals surface area contributed by atoms with Gasteiger partial charge in [-0.05, 0) is 18.4 Å². The Labute approximate surface area is 141 Å². The minimum atomic E-state index is -0.196. The number of nitrogens with one attached hydrogen (secondary N) is 1. The summed E-state index contributed by atoms with van der Waals surface area (Å²) in [7, 11) is 1.94. The molecular weight excluding hydrogens is 306 g/mol. The molecule has 1 aliphatic carbocycles. The molecule has 5 heteroatoms. The lowest BCUT2D eigenvalue weighted by molar-refractivity contribution is -0.121. The van der Waals surface area contributed by atoms with E-state index in [1.807, 2.05) is 23.9 Å². The van der Waals surface area contributed by atoms with Crippen LogP contribution in [0.3, 0.4) is 0 Å². The van der Waals surface area contributed by atoms with E-state index in [0.717, 1.165) is 18.0 Å². The van der Waals surface area contributed by atoms with Gasteiger partial charge < -0.3 is 9.88 Å². The molecule has 122 valence electrons. The number of imidazole rings is 1. The summed E-state index contributed by atoms with van der Waals surface area (Å²) in [6.07, 6.45) is 9.29. The average molecular weight is 329 g/mol. The molecule has 3 rings (SSSR count). The fraction of sp³-hybridized carbons (Fsp3) is 0.444. The fourth-order valence-corrected chi connectivity index (χ4v) is 4.05. The Morgan fingerprint density at radius 3 is 2.65 bits per heavy atom. The molecule has 0 aliphatic heterocycles. The molecule has 1 N–H and O–H groups in total. The Morgan fingerprint density at radius 2 is 2.00 bits per heavy atom. The van der Waals surface area contributed by atoms with Gasteiger partial charge in [-0.1, -0.05) is 61.4 Å². The highest BCUT2D eigenvalue weighted by Crippen LogP contribution is 2.37. The number of nitrogens with zero attached hydrogens (tertiary/aromatic N) is 2. The van der Waals surface area contributed by atoms with Gasteiger partial charge in [0.2, 0.25) is 5.91 Å². The number of carbonyl (C=O) groups is 1. The minimum Gasteiger partial charge on any atom is -0.346 e. The Hall–Kier alpha value is -1.75. The monoisotopic (exact) mass is 329 g/mol. The van der Waals surface area contributed by atoms with Crippen LogP contribution in [0, 0.1) is 0 Å². The van der Waals surface area contributed by atoms with Crippen molar-refractivity contribution in [2.45, 2.75) is 42.8 Å². The maximum Gasteiger partial charge on any atom is 0.231 e. The fourth-order valence-electron chi connectivity index (χ4n) is 3.32. The van der Waals surface area contributed by atoms with Gasteiger partial charge in [0.05, 0.1) is 11.3 Å². The highest BCUT2D eigenvalue weighted by Gasteiger charge is 2.35. The Bertz CT molecular complexity index is 647. The minimum absolute atomic E-state index is 0.0868. The summed E-state index contributed by atoms with van der Waals surface area (Å²) in [5.74, 6) is 0.489. The zero-order valence-corrected chi connectivity index (χ0v) is 14.3. The van der Waals surface area contributed by atoms with Gasteiger partial charge in [-0.25, -0.2) is 4.98 Å². The van der Waals surface area contributed by atoms with E-state index in [0.29, 0.717) is 5.75 Å². The van der Waals surface area contributed by atoms with E-state index < -0.39 is 0 Å². The molecule has 0 atom stereocenters. The number of thioether (sulfide) groups is 1. The van der Waals surface area contributed by atoms with Crippen LogP contribution in [-0.4, -0.2) is 21.2 Å². The van der Waals surface area contributed by atoms with E-state index in [2.05, 4.69) is 34.6 Å². The number of aromatic nitrogens is 2. The lowest BCUT2D eigenvalue weighted by Crippen LogP contribution is -2.47. The van der Waals surface area contributed by atoms with Crippen LogP contribution in [0.2, 0.25) is 0 Å². The Kier molecular flexibility index (Phi) is 5.06. The van der Waals surface area contributed by atoms with Crippen molar-refractivity contribution >= 4 is 17.7 Å². The van der Waals surface area contributed by atoms with E-state index in [-0.39, 0.29) is 11.4 Å². The van der Waals surface area contributed by atoms with Crippen molar-refractivity contribution in [1.82, 2.24) is 14.9 Å². The first kappa shape index (κ1) is 16.1. The number of aryl methyl sites for hydroxylation is 1. The smallest absolute Gasteiger partial charge is 0.231 e. The summed E-state index contributed by atoms with van der Waals surface area (Å²) in [5, 5.41) is 4.21. The molecule has 0 saturated heterocycles. The standard InChI is InChI=1S/C18H23N3OS/c1-21-13-12-19-17(21)23-14-16(22)20-18(10-6-3-7-11-18)15-8-4-2-5-9-15/h2,4-5,8-9,12-13H,3,6-7,10-11,14H2,1H3,(H,20,22). The number of carbonyl (C=O) groups excluding carboxylic acids is 1. The van der Waals surface area contributed by atoms with Gasteiger partial charge in [0.1, 0.15) is 0 Å². The van der Waals surface area contributed by atoms with Crippen LogP contribution in [0.5, 0.6) is 0 Å². The molecule has 23 heavy (non-hydrogen) atoms. The molecule has 2 aromatic rings.